The number of nitro benzene ring substituents is 1. The summed E-state index contributed by atoms with van der Waals surface area (Å²) in [7, 11) is 0. The minimum Gasteiger partial charge on any atom is -0.360 e. The Hall–Kier alpha value is -2.89. The van der Waals surface area contributed by atoms with Gasteiger partial charge in [-0.25, -0.2) is 0 Å². The number of carbonyl (C=O) groups excluding carboxylic acids is 1. The van der Waals surface area contributed by atoms with Crippen molar-refractivity contribution in [2.24, 2.45) is 0 Å². The first kappa shape index (κ1) is 18.4. The lowest BCUT2D eigenvalue weighted by atomic mass is 10.2. The minimum atomic E-state index is -0.705. The molecule has 9 heteroatoms. The molecule has 0 saturated carbocycles. The van der Waals surface area contributed by atoms with Crippen molar-refractivity contribution in [2.75, 3.05) is 10.6 Å². The Morgan fingerprint density at radius 1 is 1.24 bits per heavy atom. The number of hydrogen-bond acceptors (Lipinski definition) is 5. The molecule has 0 unspecified atom stereocenters. The first-order valence-corrected chi connectivity index (χ1v) is 7.95. The average Bonchev–Trinajstić information content (AvgIpc) is 2.58. The zero-order valence-electron chi connectivity index (χ0n) is 12.5. The number of hydrogen-bond donors (Lipinski definition) is 2. The molecule has 7 nitrogen and oxygen atoms in total. The lowest BCUT2D eigenvalue weighted by Crippen LogP contribution is -2.14. The van der Waals surface area contributed by atoms with Crippen LogP contribution in [0, 0.1) is 21.4 Å². The van der Waals surface area contributed by atoms with Crippen LogP contribution in [0.5, 0.6) is 0 Å². The number of halogens is 2. The van der Waals surface area contributed by atoms with Crippen molar-refractivity contribution >= 4 is 50.5 Å². The van der Waals surface area contributed by atoms with E-state index in [4.69, 9.17) is 16.9 Å². The van der Waals surface area contributed by atoms with E-state index < -0.39 is 10.8 Å². The van der Waals surface area contributed by atoms with Gasteiger partial charge in [0, 0.05) is 28.1 Å². The Balaban J connectivity index is 2.13. The summed E-state index contributed by atoms with van der Waals surface area (Å²) < 4.78 is 0.893. The zero-order chi connectivity index (χ0) is 18.4. The van der Waals surface area contributed by atoms with E-state index in [0.717, 1.165) is 10.5 Å². The van der Waals surface area contributed by atoms with Crippen molar-refractivity contribution in [1.29, 1.82) is 5.26 Å². The number of nitrogens with zero attached hydrogens (tertiary/aromatic N) is 2. The molecule has 0 aliphatic heterocycles. The van der Waals surface area contributed by atoms with Gasteiger partial charge in [-0.15, -0.1) is 0 Å². The number of benzene rings is 2. The van der Waals surface area contributed by atoms with E-state index in [1.54, 1.807) is 30.3 Å². The Kier molecular flexibility index (Phi) is 6.11. The van der Waals surface area contributed by atoms with Gasteiger partial charge in [-0.1, -0.05) is 27.5 Å². The average molecular weight is 422 g/mol. The number of nitrogens with one attached hydrogen (secondary N) is 2. The standard InChI is InChI=1S/C16H10BrClN4O3/c17-11-1-3-12(4-2-11)20-9-10(8-19)16(23)21-13-5-6-14(18)15(7-13)22(24)25/h1-7,9,20H,(H,21,23)/b10-9-. The summed E-state index contributed by atoms with van der Waals surface area (Å²) in [6, 6.07) is 12.7. The van der Waals surface area contributed by atoms with Gasteiger partial charge in [0.2, 0.25) is 0 Å². The van der Waals surface area contributed by atoms with E-state index in [2.05, 4.69) is 26.6 Å². The molecule has 0 aliphatic rings. The van der Waals surface area contributed by atoms with Gasteiger partial charge in [-0.2, -0.15) is 5.26 Å². The van der Waals surface area contributed by atoms with E-state index in [0.29, 0.717) is 5.69 Å². The third-order valence-corrected chi connectivity index (χ3v) is 3.84. The highest BCUT2D eigenvalue weighted by Crippen LogP contribution is 2.27. The van der Waals surface area contributed by atoms with Crippen molar-refractivity contribution in [2.45, 2.75) is 0 Å². The maximum atomic E-state index is 12.1. The third kappa shape index (κ3) is 5.04. The van der Waals surface area contributed by atoms with Crippen LogP contribution in [0.3, 0.4) is 0 Å². The smallest absolute Gasteiger partial charge is 0.289 e. The molecule has 2 rings (SSSR count). The summed E-state index contributed by atoms with van der Waals surface area (Å²) in [5.41, 5.74) is 0.312. The predicted molar refractivity (Wildman–Crippen MR) is 98.2 cm³/mol. The topological polar surface area (TPSA) is 108 Å². The first-order valence-electron chi connectivity index (χ1n) is 6.78. The van der Waals surface area contributed by atoms with E-state index in [-0.39, 0.29) is 22.0 Å². The minimum absolute atomic E-state index is 0.0454. The summed E-state index contributed by atoms with van der Waals surface area (Å²) >= 11 is 9.02. The van der Waals surface area contributed by atoms with E-state index in [1.807, 2.05) is 0 Å². The van der Waals surface area contributed by atoms with Crippen molar-refractivity contribution in [3.8, 4) is 6.07 Å². The van der Waals surface area contributed by atoms with Crippen molar-refractivity contribution in [3.63, 3.8) is 0 Å². The molecule has 0 aliphatic carbocycles. The van der Waals surface area contributed by atoms with Gasteiger partial charge in [0.05, 0.1) is 4.92 Å². The molecule has 2 aromatic carbocycles. The summed E-state index contributed by atoms with van der Waals surface area (Å²) in [6.07, 6.45) is 1.25. The molecule has 1 amide bonds. The fourth-order valence-electron chi connectivity index (χ4n) is 1.78. The zero-order valence-corrected chi connectivity index (χ0v) is 14.8. The van der Waals surface area contributed by atoms with Crippen LogP contribution in [0.4, 0.5) is 17.1 Å². The van der Waals surface area contributed by atoms with Crippen molar-refractivity contribution in [1.82, 2.24) is 0 Å². The molecule has 0 bridgehead atoms. The number of amides is 1. The Morgan fingerprint density at radius 3 is 2.48 bits per heavy atom. The molecule has 2 N–H and O–H groups in total. The van der Waals surface area contributed by atoms with Crippen LogP contribution in [0.1, 0.15) is 0 Å². The van der Waals surface area contributed by atoms with Crippen LogP contribution in [-0.2, 0) is 4.79 Å². The molecule has 0 spiro atoms. The molecule has 126 valence electrons. The Morgan fingerprint density at radius 2 is 1.88 bits per heavy atom. The summed E-state index contributed by atoms with van der Waals surface area (Å²) in [6.45, 7) is 0. The molecule has 0 radical (unpaired) electrons. The lowest BCUT2D eigenvalue weighted by Gasteiger charge is -2.06. The molecule has 0 aromatic heterocycles. The summed E-state index contributed by atoms with van der Waals surface area (Å²) in [5.74, 6) is -0.705. The van der Waals surface area contributed by atoms with Crippen LogP contribution in [-0.4, -0.2) is 10.8 Å². The highest BCUT2D eigenvalue weighted by Gasteiger charge is 2.15. The van der Waals surface area contributed by atoms with Gasteiger partial charge in [0.25, 0.3) is 11.6 Å². The van der Waals surface area contributed by atoms with Gasteiger partial charge in [-0.3, -0.25) is 14.9 Å². The van der Waals surface area contributed by atoms with Crippen LogP contribution >= 0.6 is 27.5 Å². The third-order valence-electron chi connectivity index (χ3n) is 2.99. The van der Waals surface area contributed by atoms with Gasteiger partial charge in [-0.05, 0) is 36.4 Å². The maximum Gasteiger partial charge on any atom is 0.289 e. The van der Waals surface area contributed by atoms with E-state index >= 15 is 0 Å². The second kappa shape index (κ2) is 8.28. The fourth-order valence-corrected chi connectivity index (χ4v) is 2.23. The van der Waals surface area contributed by atoms with Crippen LogP contribution in [0.2, 0.25) is 5.02 Å². The monoisotopic (exact) mass is 420 g/mol. The lowest BCUT2D eigenvalue weighted by molar-refractivity contribution is -0.384. The molecule has 0 saturated heterocycles. The van der Waals surface area contributed by atoms with Crippen LogP contribution < -0.4 is 10.6 Å². The first-order chi connectivity index (χ1) is 11.9. The fraction of sp³-hybridized carbons (Fsp3) is 0. The Bertz CT molecular complexity index is 891. The molecule has 0 atom stereocenters. The number of carbonyl (C=O) groups is 1. The maximum absolute atomic E-state index is 12.1. The highest BCUT2D eigenvalue weighted by atomic mass is 79.9. The molecule has 0 heterocycles. The predicted octanol–water partition coefficient (Wildman–Crippen LogP) is 4.47. The summed E-state index contributed by atoms with van der Waals surface area (Å²) in [5, 5.41) is 25.2. The second-order valence-corrected chi connectivity index (χ2v) is 6.02. The molecule has 0 fully saturated rings. The number of rotatable bonds is 5. The molecular weight excluding hydrogens is 412 g/mol. The van der Waals surface area contributed by atoms with E-state index in [1.165, 1.54) is 18.3 Å². The van der Waals surface area contributed by atoms with Crippen LogP contribution in [0.15, 0.2) is 58.7 Å². The number of anilines is 2. The molecule has 25 heavy (non-hydrogen) atoms. The van der Waals surface area contributed by atoms with Gasteiger partial charge in [0.1, 0.15) is 16.7 Å². The second-order valence-electron chi connectivity index (χ2n) is 4.70. The molecule has 2 aromatic rings. The van der Waals surface area contributed by atoms with Gasteiger partial charge >= 0.3 is 0 Å². The van der Waals surface area contributed by atoms with Crippen molar-refractivity contribution < 1.29 is 9.72 Å². The number of nitro groups is 1. The Labute approximate surface area is 156 Å². The summed E-state index contributed by atoms with van der Waals surface area (Å²) in [4.78, 5) is 22.3. The number of nitriles is 1. The highest BCUT2D eigenvalue weighted by molar-refractivity contribution is 9.10. The normalized spacial score (nSPS) is 10.7. The quantitative estimate of drug-likeness (QED) is 0.320. The van der Waals surface area contributed by atoms with Crippen LogP contribution in [0.25, 0.3) is 0 Å². The van der Waals surface area contributed by atoms with E-state index in [9.17, 15) is 14.9 Å². The largest absolute Gasteiger partial charge is 0.360 e. The molecular formula is C16H10BrClN4O3. The van der Waals surface area contributed by atoms with Gasteiger partial charge in [0.15, 0.2) is 0 Å². The van der Waals surface area contributed by atoms with Crippen molar-refractivity contribution in [3.05, 3.63) is 73.8 Å². The SMILES string of the molecule is N#C/C(=C/Nc1ccc(Br)cc1)C(=O)Nc1ccc(Cl)c([N+](=O)[O-])c1. The van der Waals surface area contributed by atoms with Gasteiger partial charge < -0.3 is 10.6 Å².